The van der Waals surface area contributed by atoms with Crippen molar-refractivity contribution in [2.45, 2.75) is 24.1 Å². The van der Waals surface area contributed by atoms with Gasteiger partial charge in [-0.3, -0.25) is 0 Å². The first-order chi connectivity index (χ1) is 12.6. The Morgan fingerprint density at radius 3 is 2.15 bits per heavy atom. The Kier molecular flexibility index (Phi) is 6.56. The first kappa shape index (κ1) is 21.3. The number of hydrogen-bond donors (Lipinski definition) is 1. The molecule has 146 valence electrons. The van der Waals surface area contributed by atoms with Crippen LogP contribution < -0.4 is 0 Å². The first-order valence-corrected chi connectivity index (χ1v) is 9.63. The van der Waals surface area contributed by atoms with Gasteiger partial charge in [0.1, 0.15) is 11.0 Å². The summed E-state index contributed by atoms with van der Waals surface area (Å²) in [7, 11) is -4.71. The van der Waals surface area contributed by atoms with E-state index in [1.54, 1.807) is 0 Å². The molecule has 0 aliphatic carbocycles. The monoisotopic (exact) mass is 420 g/mol. The van der Waals surface area contributed by atoms with E-state index in [9.17, 15) is 26.7 Å². The highest BCUT2D eigenvalue weighted by atomic mass is 35.5. The van der Waals surface area contributed by atoms with Gasteiger partial charge in [-0.05, 0) is 36.8 Å². The highest BCUT2D eigenvalue weighted by molar-refractivity contribution is 7.95. The predicted molar refractivity (Wildman–Crippen MR) is 94.7 cm³/mol. The molecule has 4 nitrogen and oxygen atoms in total. The second kappa shape index (κ2) is 8.33. The predicted octanol–water partition coefficient (Wildman–Crippen LogP) is 4.66. The second-order valence-corrected chi connectivity index (χ2v) is 7.75. The van der Waals surface area contributed by atoms with E-state index in [-0.39, 0.29) is 10.6 Å². The lowest BCUT2D eigenvalue weighted by molar-refractivity contribution is -0.131. The van der Waals surface area contributed by atoms with Crippen LogP contribution in [0.15, 0.2) is 70.2 Å². The normalized spacial score (nSPS) is 14.4. The van der Waals surface area contributed by atoms with E-state index in [1.807, 2.05) is 0 Å². The largest absolute Gasteiger partial charge is 0.488 e. The van der Waals surface area contributed by atoms with Gasteiger partial charge >= 0.3 is 6.18 Å². The number of aliphatic hydroxyl groups excluding tert-OH is 1. The van der Waals surface area contributed by atoms with Gasteiger partial charge in [-0.15, -0.1) is 0 Å². The van der Waals surface area contributed by atoms with E-state index >= 15 is 0 Å². The van der Waals surface area contributed by atoms with Crippen LogP contribution in [0.5, 0.6) is 0 Å². The molecule has 1 atom stereocenters. The summed E-state index contributed by atoms with van der Waals surface area (Å²) in [6, 6.07) is 11.7. The zero-order chi connectivity index (χ0) is 20.2. The Morgan fingerprint density at radius 1 is 1.11 bits per heavy atom. The number of rotatable bonds is 6. The molecule has 0 aromatic heterocycles. The first-order valence-electron chi connectivity index (χ1n) is 7.77. The number of ether oxygens (including phenoxy) is 1. The Morgan fingerprint density at radius 2 is 1.67 bits per heavy atom. The zero-order valence-electron chi connectivity index (χ0n) is 14.1. The van der Waals surface area contributed by atoms with Gasteiger partial charge in [-0.1, -0.05) is 41.9 Å². The Balaban J connectivity index is 2.77. The maximum absolute atomic E-state index is 13.6. The SMILES string of the molecule is CCO/C(=C(\C(O)c1ccc(Cl)cc1)S(=O)(=O)c1ccccc1)C(F)(F)F. The van der Waals surface area contributed by atoms with Gasteiger partial charge < -0.3 is 9.84 Å². The van der Waals surface area contributed by atoms with E-state index < -0.39 is 44.3 Å². The third kappa shape index (κ3) is 4.82. The van der Waals surface area contributed by atoms with Gasteiger partial charge in [-0.2, -0.15) is 13.2 Å². The van der Waals surface area contributed by atoms with Gasteiger partial charge in [0.05, 0.1) is 11.5 Å². The van der Waals surface area contributed by atoms with Crippen LogP contribution in [-0.4, -0.2) is 26.3 Å². The number of benzene rings is 2. The number of hydrogen-bond acceptors (Lipinski definition) is 4. The van der Waals surface area contributed by atoms with Crippen LogP contribution in [0.2, 0.25) is 5.02 Å². The molecule has 0 amide bonds. The van der Waals surface area contributed by atoms with Crippen LogP contribution in [0.3, 0.4) is 0 Å². The lowest BCUT2D eigenvalue weighted by Gasteiger charge is -2.22. The number of allylic oxidation sites excluding steroid dienone is 1. The molecule has 0 saturated carbocycles. The highest BCUT2D eigenvalue weighted by Gasteiger charge is 2.45. The lowest BCUT2D eigenvalue weighted by atomic mass is 10.1. The van der Waals surface area contributed by atoms with E-state index in [2.05, 4.69) is 4.74 Å². The Bertz CT molecular complexity index is 908. The van der Waals surface area contributed by atoms with Crippen molar-refractivity contribution in [2.24, 2.45) is 0 Å². The average Bonchev–Trinajstić information content (AvgIpc) is 2.61. The Labute approximate surface area is 159 Å². The molecule has 0 heterocycles. The maximum Gasteiger partial charge on any atom is 0.450 e. The van der Waals surface area contributed by atoms with Gasteiger partial charge in [0.2, 0.25) is 15.6 Å². The highest BCUT2D eigenvalue weighted by Crippen LogP contribution is 2.40. The van der Waals surface area contributed by atoms with Gasteiger partial charge in [0.25, 0.3) is 0 Å². The molecule has 0 fully saturated rings. The minimum Gasteiger partial charge on any atom is -0.488 e. The van der Waals surface area contributed by atoms with Crippen molar-refractivity contribution < 1.29 is 31.4 Å². The molecule has 0 bridgehead atoms. The molecule has 9 heteroatoms. The van der Waals surface area contributed by atoms with Crippen molar-refractivity contribution in [1.82, 2.24) is 0 Å². The molecule has 1 N–H and O–H groups in total. The zero-order valence-corrected chi connectivity index (χ0v) is 15.6. The maximum atomic E-state index is 13.6. The molecular weight excluding hydrogens is 405 g/mol. The topological polar surface area (TPSA) is 63.6 Å². The van der Waals surface area contributed by atoms with Crippen LogP contribution in [0, 0.1) is 0 Å². The smallest absolute Gasteiger partial charge is 0.450 e. The number of halogens is 4. The molecule has 27 heavy (non-hydrogen) atoms. The van der Waals surface area contributed by atoms with Crippen LogP contribution in [0.25, 0.3) is 0 Å². The van der Waals surface area contributed by atoms with Crippen molar-refractivity contribution in [2.75, 3.05) is 6.61 Å². The summed E-state index contributed by atoms with van der Waals surface area (Å²) in [5, 5.41) is 10.8. The van der Waals surface area contributed by atoms with Crippen LogP contribution >= 0.6 is 11.6 Å². The third-order valence-corrected chi connectivity index (χ3v) is 5.68. The van der Waals surface area contributed by atoms with Crippen molar-refractivity contribution in [3.05, 3.63) is 75.8 Å². The van der Waals surface area contributed by atoms with Crippen LogP contribution in [-0.2, 0) is 14.6 Å². The van der Waals surface area contributed by atoms with Crippen LogP contribution in [0.1, 0.15) is 18.6 Å². The molecule has 0 aliphatic heterocycles. The quantitative estimate of drug-likeness (QED) is 0.690. The third-order valence-electron chi connectivity index (χ3n) is 3.55. The average molecular weight is 421 g/mol. The molecule has 0 radical (unpaired) electrons. The van der Waals surface area contributed by atoms with E-state index in [1.165, 1.54) is 49.4 Å². The molecular formula is C18H16ClF3O4S. The molecule has 1 unspecified atom stereocenters. The minimum absolute atomic E-state index is 0.0737. The number of alkyl halides is 3. The molecule has 2 rings (SSSR count). The molecule has 0 saturated heterocycles. The van der Waals surface area contributed by atoms with Crippen molar-refractivity contribution in [3.8, 4) is 0 Å². The summed E-state index contributed by atoms with van der Waals surface area (Å²) in [5.74, 6) is -1.75. The fraction of sp³-hybridized carbons (Fsp3) is 0.222. The van der Waals surface area contributed by atoms with Gasteiger partial charge in [0, 0.05) is 5.02 Å². The van der Waals surface area contributed by atoms with E-state index in [4.69, 9.17) is 11.6 Å². The Hall–Kier alpha value is -2.03. The fourth-order valence-electron chi connectivity index (χ4n) is 2.35. The standard InChI is InChI=1S/C18H16ClF3O4S/c1-2-26-17(18(20,21)22)16(15(23)12-8-10-13(19)11-9-12)27(24,25)14-6-4-3-5-7-14/h3-11,15,23H,2H2,1H3/b17-16+. The lowest BCUT2D eigenvalue weighted by Crippen LogP contribution is -2.24. The molecule has 0 aliphatic rings. The number of aliphatic hydroxyl groups is 1. The van der Waals surface area contributed by atoms with E-state index in [0.717, 1.165) is 12.1 Å². The summed E-state index contributed by atoms with van der Waals surface area (Å²) in [4.78, 5) is -1.67. The van der Waals surface area contributed by atoms with Crippen LogP contribution in [0.4, 0.5) is 13.2 Å². The molecule has 0 spiro atoms. The fourth-order valence-corrected chi connectivity index (χ4v) is 4.10. The summed E-state index contributed by atoms with van der Waals surface area (Å²) in [6.45, 7) is 0.850. The molecule has 2 aromatic rings. The minimum atomic E-state index is -5.12. The van der Waals surface area contributed by atoms with E-state index in [0.29, 0.717) is 0 Å². The van der Waals surface area contributed by atoms with Gasteiger partial charge in [-0.25, -0.2) is 8.42 Å². The van der Waals surface area contributed by atoms with Crippen molar-refractivity contribution >= 4 is 21.4 Å². The summed E-state index contributed by atoms with van der Waals surface area (Å²) in [6.07, 6.45) is -7.23. The molecule has 2 aromatic carbocycles. The van der Waals surface area contributed by atoms with Gasteiger partial charge in [0.15, 0.2) is 0 Å². The summed E-state index contributed by atoms with van der Waals surface area (Å²) < 4.78 is 71.2. The summed E-state index contributed by atoms with van der Waals surface area (Å²) in [5.41, 5.74) is -0.0737. The number of sulfone groups is 1. The van der Waals surface area contributed by atoms with Crippen molar-refractivity contribution in [1.29, 1.82) is 0 Å². The van der Waals surface area contributed by atoms with Crippen molar-refractivity contribution in [3.63, 3.8) is 0 Å². The summed E-state index contributed by atoms with van der Waals surface area (Å²) >= 11 is 5.75. The second-order valence-electron chi connectivity index (χ2n) is 5.39.